The molecule has 0 aliphatic heterocycles. The molecule has 4 aliphatic carbocycles. The Labute approximate surface area is 776 Å². The third-order valence-corrected chi connectivity index (χ3v) is 32.0. The van der Waals surface area contributed by atoms with Crippen LogP contribution in [0.5, 0.6) is 0 Å². The monoisotopic (exact) mass is 1700 g/mol. The first-order valence-corrected chi connectivity index (χ1v) is 52.1. The predicted octanol–water partition coefficient (Wildman–Crippen LogP) is 36.5. The molecule has 1 unspecified atom stereocenters. The summed E-state index contributed by atoms with van der Waals surface area (Å²) in [6.07, 6.45) is 52.8. The zero-order valence-electron chi connectivity index (χ0n) is 81.4. The van der Waals surface area contributed by atoms with Crippen molar-refractivity contribution >= 4 is 12.9 Å². The minimum Gasteiger partial charge on any atom is -0.427 e. The Balaban J connectivity index is 0.711. The highest BCUT2D eigenvalue weighted by atomic mass is 16.5. The summed E-state index contributed by atoms with van der Waals surface area (Å²) < 4.78 is 6.34. The van der Waals surface area contributed by atoms with Gasteiger partial charge in [-0.05, 0) is 264 Å². The number of benzene rings is 11. The molecule has 1 atom stereocenters. The molecule has 11 aromatic rings. The van der Waals surface area contributed by atoms with Crippen molar-refractivity contribution in [2.75, 3.05) is 0 Å². The summed E-state index contributed by atoms with van der Waals surface area (Å²) in [6.45, 7) is 26.6. The molecule has 11 aromatic carbocycles. The van der Waals surface area contributed by atoms with Crippen molar-refractivity contribution in [2.45, 2.75) is 379 Å². The van der Waals surface area contributed by atoms with Crippen LogP contribution in [0.4, 0.5) is 0 Å². The van der Waals surface area contributed by atoms with Gasteiger partial charge in [-0.1, -0.05) is 468 Å². The normalized spacial score (nSPS) is 15.2. The summed E-state index contributed by atoms with van der Waals surface area (Å²) in [7, 11) is 0.451. The molecule has 128 heavy (non-hydrogen) atoms. The first kappa shape index (κ1) is 94.1. The van der Waals surface area contributed by atoms with E-state index in [1.165, 1.54) is 391 Å². The van der Waals surface area contributed by atoms with E-state index in [-0.39, 0.29) is 21.7 Å². The molecule has 1 N–H and O–H groups in total. The SMILES string of the molecule is CCCCCCCCC1(CCCCCCC)c2cc(-c3ccc(BOC(C)(C)C(C)(C)O)cc3)ccc2-c2ccc(-c3ccc(-c4ccc5c(c4)C(CCCCCCCC)(CCCCCCCC)c4cc(-c6ccc(-c7ccc8c(c7)C(C)(C)c7cc(-c9ccc%10c(c9)C(CCCCCCCC)(CCCCCCCC)c9ccccc9-%10)ccc7-8)cc6)ccc4-5)cc3)cc21. The second-order valence-corrected chi connectivity index (χ2v) is 41.7. The Morgan fingerprint density at radius 3 is 0.680 bits per heavy atom. The van der Waals surface area contributed by atoms with Crippen LogP contribution in [0.25, 0.3) is 111 Å². The van der Waals surface area contributed by atoms with E-state index in [1.807, 2.05) is 27.7 Å². The van der Waals surface area contributed by atoms with E-state index in [4.69, 9.17) is 4.65 Å². The summed E-state index contributed by atoms with van der Waals surface area (Å²) in [6, 6.07) is 90.8. The number of hydrogen-bond acceptors (Lipinski definition) is 2. The van der Waals surface area contributed by atoms with Gasteiger partial charge in [0.2, 0.25) is 0 Å². The average molecular weight is 1700 g/mol. The smallest absolute Gasteiger partial charge is 0.309 e. The van der Waals surface area contributed by atoms with E-state index in [1.54, 1.807) is 27.8 Å². The molecule has 0 amide bonds. The fourth-order valence-corrected chi connectivity index (χ4v) is 23.4. The Kier molecular flexibility index (Phi) is 31.7. The quantitative estimate of drug-likeness (QED) is 0.0304. The lowest BCUT2D eigenvalue weighted by atomic mass is 9.69. The second kappa shape index (κ2) is 43.2. The maximum atomic E-state index is 10.9. The molecule has 0 radical (unpaired) electrons. The van der Waals surface area contributed by atoms with Gasteiger partial charge in [0.1, 0.15) is 0 Å². The number of rotatable bonds is 51. The van der Waals surface area contributed by atoms with Crippen LogP contribution < -0.4 is 5.46 Å². The Hall–Kier alpha value is -8.60. The maximum Gasteiger partial charge on any atom is 0.309 e. The van der Waals surface area contributed by atoms with Crippen molar-refractivity contribution in [1.29, 1.82) is 0 Å². The summed E-state index contributed by atoms with van der Waals surface area (Å²) in [4.78, 5) is 0. The molecule has 0 bridgehead atoms. The van der Waals surface area contributed by atoms with Crippen molar-refractivity contribution in [3.8, 4) is 111 Å². The molecular formula is C125H157BO2. The zero-order valence-corrected chi connectivity index (χ0v) is 81.4. The van der Waals surface area contributed by atoms with Crippen molar-refractivity contribution < 1.29 is 9.76 Å². The largest absolute Gasteiger partial charge is 0.427 e. The third kappa shape index (κ3) is 20.4. The van der Waals surface area contributed by atoms with E-state index in [9.17, 15) is 5.11 Å². The highest BCUT2D eigenvalue weighted by Gasteiger charge is 2.47. The van der Waals surface area contributed by atoms with Crippen LogP contribution in [0, 0.1) is 0 Å². The number of fused-ring (bicyclic) bond motifs is 12. The van der Waals surface area contributed by atoms with Crippen LogP contribution in [0.1, 0.15) is 391 Å². The van der Waals surface area contributed by atoms with Crippen LogP contribution in [0.2, 0.25) is 0 Å². The van der Waals surface area contributed by atoms with Gasteiger partial charge in [-0.25, -0.2) is 0 Å². The maximum absolute atomic E-state index is 10.9. The summed E-state index contributed by atoms with van der Waals surface area (Å²) >= 11 is 0. The highest BCUT2D eigenvalue weighted by molar-refractivity contribution is 6.47. The van der Waals surface area contributed by atoms with Crippen LogP contribution in [-0.4, -0.2) is 23.8 Å². The van der Waals surface area contributed by atoms with Gasteiger partial charge in [-0.2, -0.15) is 0 Å². The Morgan fingerprint density at radius 1 is 0.227 bits per heavy atom. The van der Waals surface area contributed by atoms with Gasteiger partial charge >= 0.3 is 7.48 Å². The first-order chi connectivity index (χ1) is 62.3. The fraction of sp³-hybridized carbons (Fsp3) is 0.472. The lowest BCUT2D eigenvalue weighted by Crippen LogP contribution is -2.49. The topological polar surface area (TPSA) is 29.5 Å². The van der Waals surface area contributed by atoms with Crippen molar-refractivity contribution in [1.82, 2.24) is 0 Å². The van der Waals surface area contributed by atoms with Gasteiger partial charge in [0, 0.05) is 21.7 Å². The summed E-state index contributed by atoms with van der Waals surface area (Å²) in [5, 5.41) is 10.9. The minimum atomic E-state index is -0.959. The lowest BCUT2D eigenvalue weighted by molar-refractivity contribution is -0.0893. The van der Waals surface area contributed by atoms with Gasteiger partial charge in [-0.3, -0.25) is 0 Å². The average Bonchev–Trinajstić information content (AvgIpc) is 1.57. The molecule has 672 valence electrons. The van der Waals surface area contributed by atoms with E-state index in [0.717, 1.165) is 5.46 Å². The van der Waals surface area contributed by atoms with E-state index >= 15 is 0 Å². The van der Waals surface area contributed by atoms with Gasteiger partial charge in [0.05, 0.1) is 11.2 Å². The molecule has 3 heteroatoms. The molecule has 0 fully saturated rings. The molecule has 0 heterocycles. The van der Waals surface area contributed by atoms with Crippen LogP contribution in [0.15, 0.2) is 224 Å². The lowest BCUT2D eigenvalue weighted by Gasteiger charge is -2.37. The molecule has 0 saturated heterocycles. The number of aliphatic hydroxyl groups is 1. The Bertz CT molecular complexity index is 5430. The molecular weight excluding hydrogens is 1540 g/mol. The third-order valence-electron chi connectivity index (χ3n) is 32.0. The molecule has 0 saturated carbocycles. The molecule has 0 spiro atoms. The number of unbranched alkanes of at least 4 members (excludes halogenated alkanes) is 29. The van der Waals surface area contributed by atoms with Crippen LogP contribution in [0.3, 0.4) is 0 Å². The van der Waals surface area contributed by atoms with Crippen LogP contribution in [-0.2, 0) is 26.3 Å². The second-order valence-electron chi connectivity index (χ2n) is 41.7. The van der Waals surface area contributed by atoms with Crippen LogP contribution >= 0.6 is 0 Å². The fourth-order valence-electron chi connectivity index (χ4n) is 23.4. The van der Waals surface area contributed by atoms with Gasteiger partial charge in [0.15, 0.2) is 0 Å². The van der Waals surface area contributed by atoms with Gasteiger partial charge in [-0.15, -0.1) is 0 Å². The first-order valence-electron chi connectivity index (χ1n) is 52.1. The molecule has 2 nitrogen and oxygen atoms in total. The van der Waals surface area contributed by atoms with Crippen molar-refractivity contribution in [2.24, 2.45) is 0 Å². The minimum absolute atomic E-state index is 0.0546. The van der Waals surface area contributed by atoms with E-state index in [2.05, 4.69) is 280 Å². The standard InChI is InChI=1S/C125H157BO2/c1-13-19-25-31-37-45-78-123(79-46-38-32-26-20-14-2)112-51-43-42-50-104(112)107-77-68-102(90-115(107)123)101-67-72-106-105-71-62-96(84-113(105)120(7,8)114(106)85-101)91-52-54-92(55-53-91)97-63-73-108-109-74-64-99(88-118(109)125(117(108)87-97,82-48-40-34-28-22-16-4)83-49-41-35-29-23-17-5)94-58-56-93(57-59-94)98-65-75-110-111-76-66-100(95-60-69-103(70-61-95)126-128-122(11,12)121(9,10)127)89-119(111)124(116(110)86-98,80-44-36-30-24-18-6)81-47-39-33-27-21-15-3/h42-43,50-77,84-90,126-127H,13-41,44-49,78-83H2,1-12H3. The molecule has 0 aromatic heterocycles. The van der Waals surface area contributed by atoms with E-state index < -0.39 is 11.2 Å². The zero-order chi connectivity index (χ0) is 89.3. The van der Waals surface area contributed by atoms with Gasteiger partial charge < -0.3 is 9.76 Å². The molecule has 15 rings (SSSR count). The van der Waals surface area contributed by atoms with Crippen molar-refractivity contribution in [3.63, 3.8) is 0 Å². The van der Waals surface area contributed by atoms with Crippen molar-refractivity contribution in [3.05, 3.63) is 269 Å². The number of hydrogen-bond donors (Lipinski definition) is 1. The predicted molar refractivity (Wildman–Crippen MR) is 557 cm³/mol. The summed E-state index contributed by atoms with van der Waals surface area (Å²) in [5.74, 6) is 0. The molecule has 4 aliphatic rings. The summed E-state index contributed by atoms with van der Waals surface area (Å²) in [5.41, 5.74) is 38.5. The van der Waals surface area contributed by atoms with Gasteiger partial charge in [0.25, 0.3) is 0 Å². The van der Waals surface area contributed by atoms with E-state index in [0.29, 0.717) is 7.48 Å². The Morgan fingerprint density at radius 2 is 0.422 bits per heavy atom. The highest BCUT2D eigenvalue weighted by Crippen LogP contribution is 2.61.